The summed E-state index contributed by atoms with van der Waals surface area (Å²) in [5.41, 5.74) is 3.28. The summed E-state index contributed by atoms with van der Waals surface area (Å²) in [6.07, 6.45) is 5.50. The Bertz CT molecular complexity index is 619. The van der Waals surface area contributed by atoms with Gasteiger partial charge in [0.1, 0.15) is 5.01 Å². The van der Waals surface area contributed by atoms with Crippen LogP contribution < -0.4 is 0 Å². The maximum atomic E-state index is 12.4. The first-order chi connectivity index (χ1) is 9.20. The van der Waals surface area contributed by atoms with Crippen molar-refractivity contribution >= 4 is 28.9 Å². The Labute approximate surface area is 121 Å². The quantitative estimate of drug-likeness (QED) is 0.772. The van der Waals surface area contributed by atoms with Gasteiger partial charge in [-0.25, -0.2) is 4.98 Å². The predicted octanol–water partition coefficient (Wildman–Crippen LogP) is 4.30. The number of fused-ring (bicyclic) bond motifs is 1. The number of aromatic nitrogens is 1. The normalized spacial score (nSPS) is 18.4. The highest BCUT2D eigenvalue weighted by Crippen LogP contribution is 2.38. The number of carbonyl (C=O) groups excluding carboxylic acids is 1. The molecule has 2 aromatic rings. The number of nitrogens with zero attached hydrogens (tertiary/aromatic N) is 1. The summed E-state index contributed by atoms with van der Waals surface area (Å²) in [5.74, 6) is 0.715. The van der Waals surface area contributed by atoms with E-state index in [1.54, 1.807) is 23.1 Å². The van der Waals surface area contributed by atoms with Gasteiger partial charge in [-0.15, -0.1) is 23.1 Å². The molecule has 1 atom stereocenters. The summed E-state index contributed by atoms with van der Waals surface area (Å²) in [5, 5.41) is 3.00. The Morgan fingerprint density at radius 3 is 2.89 bits per heavy atom. The third-order valence-corrected chi connectivity index (χ3v) is 5.11. The molecule has 1 aromatic carbocycles. The van der Waals surface area contributed by atoms with E-state index in [2.05, 4.69) is 24.0 Å². The number of carbonyl (C=O) groups is 1. The van der Waals surface area contributed by atoms with Gasteiger partial charge in [0.2, 0.25) is 0 Å². The lowest BCUT2D eigenvalue weighted by Crippen LogP contribution is -2.19. The molecule has 0 spiro atoms. The van der Waals surface area contributed by atoms with E-state index in [1.807, 2.05) is 17.8 Å². The van der Waals surface area contributed by atoms with Crippen molar-refractivity contribution in [1.82, 2.24) is 4.98 Å². The van der Waals surface area contributed by atoms with E-state index in [0.29, 0.717) is 12.3 Å². The summed E-state index contributed by atoms with van der Waals surface area (Å²) in [7, 11) is 0. The smallest absolute Gasteiger partial charge is 0.164 e. The lowest BCUT2D eigenvalue weighted by Gasteiger charge is -2.24. The number of ketones is 1. The minimum absolute atomic E-state index is 0.288. The Balaban J connectivity index is 2.24. The van der Waals surface area contributed by atoms with E-state index in [0.717, 1.165) is 27.5 Å². The summed E-state index contributed by atoms with van der Waals surface area (Å²) >= 11 is 3.29. The van der Waals surface area contributed by atoms with Crippen LogP contribution in [0.4, 0.5) is 0 Å². The monoisotopic (exact) mass is 289 g/mol. The zero-order valence-electron chi connectivity index (χ0n) is 11.0. The molecule has 2 nitrogen and oxygen atoms in total. The van der Waals surface area contributed by atoms with Crippen LogP contribution in [0.15, 0.2) is 28.6 Å². The van der Waals surface area contributed by atoms with Crippen LogP contribution in [0.2, 0.25) is 0 Å². The van der Waals surface area contributed by atoms with Gasteiger partial charge >= 0.3 is 0 Å². The van der Waals surface area contributed by atoms with Gasteiger partial charge in [-0.05, 0) is 30.2 Å². The first kappa shape index (κ1) is 12.9. The SMILES string of the molecule is CSc1ccc(-c2nccs2)c2c1C(=O)CC(C)C2. The van der Waals surface area contributed by atoms with Crippen LogP contribution >= 0.6 is 23.1 Å². The number of Topliss-reactive ketones (excluding diaryl/α,β-unsaturated/α-hetero) is 1. The molecule has 0 fully saturated rings. The van der Waals surface area contributed by atoms with E-state index in [-0.39, 0.29) is 5.78 Å². The highest BCUT2D eigenvalue weighted by Gasteiger charge is 2.27. The number of thioether (sulfide) groups is 1. The predicted molar refractivity (Wildman–Crippen MR) is 81.1 cm³/mol. The Hall–Kier alpha value is -1.13. The number of benzene rings is 1. The van der Waals surface area contributed by atoms with Crippen LogP contribution in [0.5, 0.6) is 0 Å². The second-order valence-electron chi connectivity index (χ2n) is 4.94. The first-order valence-electron chi connectivity index (χ1n) is 6.33. The molecule has 1 aliphatic carbocycles. The molecule has 0 N–H and O–H groups in total. The van der Waals surface area contributed by atoms with Gasteiger partial charge in [-0.2, -0.15) is 0 Å². The second kappa shape index (κ2) is 5.10. The van der Waals surface area contributed by atoms with Gasteiger partial charge in [0.15, 0.2) is 5.78 Å². The second-order valence-corrected chi connectivity index (χ2v) is 6.69. The molecule has 1 heterocycles. The lowest BCUT2D eigenvalue weighted by molar-refractivity contribution is 0.0950. The van der Waals surface area contributed by atoms with Gasteiger partial charge in [-0.1, -0.05) is 13.0 Å². The average molecular weight is 289 g/mol. The fourth-order valence-corrected chi connectivity index (χ4v) is 4.05. The molecule has 0 bridgehead atoms. The van der Waals surface area contributed by atoms with E-state index >= 15 is 0 Å². The largest absolute Gasteiger partial charge is 0.294 e. The molecule has 0 saturated carbocycles. The number of thiazole rings is 1. The number of hydrogen-bond donors (Lipinski definition) is 0. The third kappa shape index (κ3) is 2.23. The maximum Gasteiger partial charge on any atom is 0.164 e. The molecular formula is C15H15NOS2. The Kier molecular flexibility index (Phi) is 3.46. The van der Waals surface area contributed by atoms with Crippen molar-refractivity contribution in [1.29, 1.82) is 0 Å². The minimum atomic E-state index is 0.288. The molecule has 0 radical (unpaired) electrons. The molecule has 98 valence electrons. The molecule has 1 aliphatic rings. The molecular weight excluding hydrogens is 274 g/mol. The molecule has 4 heteroatoms. The van der Waals surface area contributed by atoms with Crippen molar-refractivity contribution in [2.24, 2.45) is 5.92 Å². The molecule has 0 saturated heterocycles. The van der Waals surface area contributed by atoms with Crippen LogP contribution in [0.25, 0.3) is 10.6 Å². The summed E-state index contributed by atoms with van der Waals surface area (Å²) in [6.45, 7) is 2.15. The van der Waals surface area contributed by atoms with Gasteiger partial charge in [0, 0.05) is 34.0 Å². The van der Waals surface area contributed by atoms with Crippen LogP contribution in [0.1, 0.15) is 29.3 Å². The van der Waals surface area contributed by atoms with Crippen LogP contribution in [0.3, 0.4) is 0 Å². The number of rotatable bonds is 2. The highest BCUT2D eigenvalue weighted by molar-refractivity contribution is 7.98. The summed E-state index contributed by atoms with van der Waals surface area (Å²) < 4.78 is 0. The standard InChI is InChI=1S/C15H15NOS2/c1-9-7-11-10(15-16-5-6-19-15)3-4-13(18-2)14(11)12(17)8-9/h3-6,9H,7-8H2,1-2H3. The van der Waals surface area contributed by atoms with Gasteiger partial charge in [-0.3, -0.25) is 4.79 Å². The molecule has 19 heavy (non-hydrogen) atoms. The van der Waals surface area contributed by atoms with E-state index in [9.17, 15) is 4.79 Å². The highest BCUT2D eigenvalue weighted by atomic mass is 32.2. The van der Waals surface area contributed by atoms with E-state index in [1.165, 1.54) is 5.56 Å². The first-order valence-corrected chi connectivity index (χ1v) is 8.44. The van der Waals surface area contributed by atoms with E-state index < -0.39 is 0 Å². The summed E-state index contributed by atoms with van der Waals surface area (Å²) in [4.78, 5) is 17.9. The zero-order valence-corrected chi connectivity index (χ0v) is 12.6. The molecule has 1 aromatic heterocycles. The van der Waals surface area contributed by atoms with Crippen LogP contribution in [-0.2, 0) is 6.42 Å². The Morgan fingerprint density at radius 2 is 2.21 bits per heavy atom. The van der Waals surface area contributed by atoms with Crippen molar-refractivity contribution < 1.29 is 4.79 Å². The van der Waals surface area contributed by atoms with Gasteiger partial charge in [0.25, 0.3) is 0 Å². The van der Waals surface area contributed by atoms with Crippen molar-refractivity contribution in [3.8, 4) is 10.6 Å². The molecule has 0 aliphatic heterocycles. The van der Waals surface area contributed by atoms with Crippen molar-refractivity contribution in [3.05, 3.63) is 34.8 Å². The van der Waals surface area contributed by atoms with Crippen LogP contribution in [-0.4, -0.2) is 17.0 Å². The maximum absolute atomic E-state index is 12.4. The Morgan fingerprint density at radius 1 is 1.37 bits per heavy atom. The average Bonchev–Trinajstić information content (AvgIpc) is 2.90. The molecule has 0 amide bonds. The lowest BCUT2D eigenvalue weighted by atomic mass is 9.82. The van der Waals surface area contributed by atoms with Crippen LogP contribution in [0, 0.1) is 5.92 Å². The minimum Gasteiger partial charge on any atom is -0.294 e. The molecule has 1 unspecified atom stereocenters. The van der Waals surface area contributed by atoms with Gasteiger partial charge < -0.3 is 0 Å². The fourth-order valence-electron chi connectivity index (χ4n) is 2.71. The fraction of sp³-hybridized carbons (Fsp3) is 0.333. The van der Waals surface area contributed by atoms with Crippen molar-refractivity contribution in [2.75, 3.05) is 6.26 Å². The van der Waals surface area contributed by atoms with E-state index in [4.69, 9.17) is 0 Å². The zero-order chi connectivity index (χ0) is 13.4. The third-order valence-electron chi connectivity index (χ3n) is 3.52. The van der Waals surface area contributed by atoms with Crippen molar-refractivity contribution in [3.63, 3.8) is 0 Å². The van der Waals surface area contributed by atoms with Crippen molar-refractivity contribution in [2.45, 2.75) is 24.7 Å². The molecule has 3 rings (SSSR count). The summed E-state index contributed by atoms with van der Waals surface area (Å²) in [6, 6.07) is 4.18. The van der Waals surface area contributed by atoms with Gasteiger partial charge in [0.05, 0.1) is 0 Å². The number of hydrogen-bond acceptors (Lipinski definition) is 4. The topological polar surface area (TPSA) is 30.0 Å².